The molecule has 0 atom stereocenters. The van der Waals surface area contributed by atoms with E-state index in [4.69, 9.17) is 40.0 Å². The molecule has 0 amide bonds. The van der Waals surface area contributed by atoms with Crippen molar-refractivity contribution in [1.29, 1.82) is 0 Å². The van der Waals surface area contributed by atoms with E-state index in [1.807, 2.05) is 109 Å². The Labute approximate surface area is 315 Å². The van der Waals surface area contributed by atoms with E-state index in [1.54, 1.807) is 32.0 Å². The molecule has 0 bridgehead atoms. The SMILES string of the molecule is CC(=COc1ccccc1-c1ccccc1)C(=O)OCCCOc1ccc(Cl)c(OCCCOC(=O)C(C)=COc2ccccc2-c2ccccc2)c1. The van der Waals surface area contributed by atoms with Crippen LogP contribution in [-0.2, 0) is 19.1 Å². The molecule has 0 saturated carbocycles. The van der Waals surface area contributed by atoms with E-state index >= 15 is 0 Å². The molecule has 53 heavy (non-hydrogen) atoms. The maximum Gasteiger partial charge on any atom is 0.336 e. The third-order valence-electron chi connectivity index (χ3n) is 7.79. The summed E-state index contributed by atoms with van der Waals surface area (Å²) in [5.41, 5.74) is 4.54. The fourth-order valence-electron chi connectivity index (χ4n) is 4.98. The average Bonchev–Trinajstić information content (AvgIpc) is 3.20. The molecule has 0 radical (unpaired) electrons. The highest BCUT2D eigenvalue weighted by molar-refractivity contribution is 6.32. The van der Waals surface area contributed by atoms with E-state index in [1.165, 1.54) is 12.5 Å². The van der Waals surface area contributed by atoms with Gasteiger partial charge < -0.3 is 28.4 Å². The number of ether oxygens (including phenoxy) is 6. The molecule has 272 valence electrons. The van der Waals surface area contributed by atoms with Gasteiger partial charge in [-0.1, -0.05) is 109 Å². The lowest BCUT2D eigenvalue weighted by Gasteiger charge is -2.12. The molecule has 0 aromatic heterocycles. The van der Waals surface area contributed by atoms with E-state index in [2.05, 4.69) is 0 Å². The zero-order valence-electron chi connectivity index (χ0n) is 29.7. The van der Waals surface area contributed by atoms with Crippen LogP contribution in [0, 0.1) is 0 Å². The summed E-state index contributed by atoms with van der Waals surface area (Å²) in [6.07, 6.45) is 3.72. The molecule has 5 aromatic carbocycles. The lowest BCUT2D eigenvalue weighted by Crippen LogP contribution is -2.11. The Kier molecular flexibility index (Phi) is 14.5. The Morgan fingerprint density at radius 3 is 1.49 bits per heavy atom. The van der Waals surface area contributed by atoms with Crippen molar-refractivity contribution in [1.82, 2.24) is 0 Å². The fraction of sp³-hybridized carbons (Fsp3) is 0.182. The predicted molar refractivity (Wildman–Crippen MR) is 206 cm³/mol. The highest BCUT2D eigenvalue weighted by atomic mass is 35.5. The zero-order chi connectivity index (χ0) is 37.3. The van der Waals surface area contributed by atoms with Gasteiger partial charge in [0.2, 0.25) is 0 Å². The summed E-state index contributed by atoms with van der Waals surface area (Å²) in [5.74, 6) is 1.32. The van der Waals surface area contributed by atoms with Crippen molar-refractivity contribution < 1.29 is 38.0 Å². The molecule has 8 nitrogen and oxygen atoms in total. The number of carbonyl (C=O) groups excluding carboxylic acids is 2. The molecule has 5 rings (SSSR count). The van der Waals surface area contributed by atoms with E-state index in [9.17, 15) is 9.59 Å². The molecule has 5 aromatic rings. The van der Waals surface area contributed by atoms with Gasteiger partial charge in [0.25, 0.3) is 0 Å². The van der Waals surface area contributed by atoms with Crippen LogP contribution in [-0.4, -0.2) is 38.4 Å². The molecule has 0 heterocycles. The molecule has 0 aliphatic rings. The third-order valence-corrected chi connectivity index (χ3v) is 8.10. The molecular weight excluding hydrogens is 692 g/mol. The van der Waals surface area contributed by atoms with Gasteiger partial charge in [0.05, 0.1) is 42.6 Å². The standard InChI is InChI=1S/C44H41ClO8/c1-32(30-52-40-21-11-9-19-37(40)34-15-5-3-6-16-34)43(46)50-27-13-25-48-36-23-24-39(45)42(29-36)49-26-14-28-51-44(47)33(2)31-53-41-22-12-10-20-38(41)35-17-7-4-8-18-35/h3-12,15-24,29-31H,13-14,25-28H2,1-2H3. The molecule has 0 unspecified atom stereocenters. The summed E-state index contributed by atoms with van der Waals surface area (Å²) in [6.45, 7) is 4.18. The van der Waals surface area contributed by atoms with Crippen LogP contribution in [0.3, 0.4) is 0 Å². The molecule has 9 heteroatoms. The maximum absolute atomic E-state index is 12.5. The molecular formula is C44H41ClO8. The number of esters is 2. The first-order valence-corrected chi connectivity index (χ1v) is 17.6. The third kappa shape index (κ3) is 11.8. The van der Waals surface area contributed by atoms with Crippen molar-refractivity contribution >= 4 is 23.5 Å². The number of para-hydroxylation sites is 2. The van der Waals surface area contributed by atoms with Crippen LogP contribution in [0.1, 0.15) is 26.7 Å². The van der Waals surface area contributed by atoms with E-state index < -0.39 is 11.9 Å². The zero-order valence-corrected chi connectivity index (χ0v) is 30.4. The normalized spacial score (nSPS) is 11.4. The number of hydrogen-bond donors (Lipinski definition) is 0. The summed E-state index contributed by atoms with van der Waals surface area (Å²) in [6, 6.07) is 40.1. The van der Waals surface area contributed by atoms with E-state index in [-0.39, 0.29) is 19.8 Å². The highest BCUT2D eigenvalue weighted by Crippen LogP contribution is 2.32. The minimum atomic E-state index is -0.481. The van der Waals surface area contributed by atoms with Gasteiger partial charge in [0, 0.05) is 30.0 Å². The Balaban J connectivity index is 0.984. The van der Waals surface area contributed by atoms with Gasteiger partial charge in [-0.3, -0.25) is 0 Å². The number of hydrogen-bond acceptors (Lipinski definition) is 8. The highest BCUT2D eigenvalue weighted by Gasteiger charge is 2.11. The lowest BCUT2D eigenvalue weighted by molar-refractivity contribution is -0.140. The minimum Gasteiger partial charge on any atom is -0.493 e. The van der Waals surface area contributed by atoms with Gasteiger partial charge in [-0.25, -0.2) is 9.59 Å². The second kappa shape index (κ2) is 20.2. The van der Waals surface area contributed by atoms with Gasteiger partial charge >= 0.3 is 11.9 Å². The quantitative estimate of drug-likeness (QED) is 0.0381. The van der Waals surface area contributed by atoms with Gasteiger partial charge in [-0.05, 0) is 49.2 Å². The lowest BCUT2D eigenvalue weighted by atomic mass is 10.1. The second-order valence-corrected chi connectivity index (χ2v) is 12.2. The van der Waals surface area contributed by atoms with Gasteiger partial charge in [-0.2, -0.15) is 0 Å². The molecule has 0 spiro atoms. The van der Waals surface area contributed by atoms with Crippen LogP contribution in [0.4, 0.5) is 0 Å². The van der Waals surface area contributed by atoms with Crippen molar-refractivity contribution in [2.45, 2.75) is 26.7 Å². The minimum absolute atomic E-state index is 0.152. The first kappa shape index (κ1) is 38.2. The van der Waals surface area contributed by atoms with Crippen LogP contribution >= 0.6 is 11.6 Å². The van der Waals surface area contributed by atoms with E-state index in [0.29, 0.717) is 58.6 Å². The first-order chi connectivity index (χ1) is 25.9. The maximum atomic E-state index is 12.5. The number of rotatable bonds is 18. The summed E-state index contributed by atoms with van der Waals surface area (Å²) in [7, 11) is 0. The van der Waals surface area contributed by atoms with Crippen molar-refractivity contribution in [3.63, 3.8) is 0 Å². The smallest absolute Gasteiger partial charge is 0.336 e. The van der Waals surface area contributed by atoms with Crippen molar-refractivity contribution in [3.8, 4) is 45.3 Å². The van der Waals surface area contributed by atoms with Crippen LogP contribution in [0.25, 0.3) is 22.3 Å². The summed E-state index contributed by atoms with van der Waals surface area (Å²) in [5, 5.41) is 0.422. The number of halogens is 1. The van der Waals surface area contributed by atoms with Crippen LogP contribution in [0.15, 0.2) is 151 Å². The molecule has 0 N–H and O–H groups in total. The molecule has 0 aliphatic carbocycles. The average molecular weight is 733 g/mol. The number of carbonyl (C=O) groups is 2. The van der Waals surface area contributed by atoms with Crippen molar-refractivity contribution in [2.24, 2.45) is 0 Å². The molecule has 0 saturated heterocycles. The Morgan fingerprint density at radius 2 is 0.981 bits per heavy atom. The van der Waals surface area contributed by atoms with Gasteiger partial charge in [0.15, 0.2) is 0 Å². The largest absolute Gasteiger partial charge is 0.493 e. The fourth-order valence-corrected chi connectivity index (χ4v) is 5.15. The topological polar surface area (TPSA) is 89.5 Å². The van der Waals surface area contributed by atoms with Crippen LogP contribution in [0.2, 0.25) is 5.02 Å². The number of benzene rings is 5. The summed E-state index contributed by atoms with van der Waals surface area (Å²) >= 11 is 6.33. The molecule has 0 fully saturated rings. The van der Waals surface area contributed by atoms with Gasteiger partial charge in [-0.15, -0.1) is 0 Å². The van der Waals surface area contributed by atoms with Gasteiger partial charge in [0.1, 0.15) is 35.5 Å². The van der Waals surface area contributed by atoms with E-state index in [0.717, 1.165) is 22.3 Å². The second-order valence-electron chi connectivity index (χ2n) is 11.8. The monoisotopic (exact) mass is 732 g/mol. The van der Waals surface area contributed by atoms with Crippen LogP contribution < -0.4 is 18.9 Å². The van der Waals surface area contributed by atoms with Crippen molar-refractivity contribution in [2.75, 3.05) is 26.4 Å². The summed E-state index contributed by atoms with van der Waals surface area (Å²) in [4.78, 5) is 25.0. The Morgan fingerprint density at radius 1 is 0.528 bits per heavy atom. The predicted octanol–water partition coefficient (Wildman–Crippen LogP) is 10.3. The Bertz CT molecular complexity index is 2010. The Hall–Kier alpha value is -5.99. The molecule has 0 aliphatic heterocycles. The first-order valence-electron chi connectivity index (χ1n) is 17.2. The summed E-state index contributed by atoms with van der Waals surface area (Å²) < 4.78 is 34.1. The van der Waals surface area contributed by atoms with Crippen LogP contribution in [0.5, 0.6) is 23.0 Å². The van der Waals surface area contributed by atoms with Crippen molar-refractivity contribution in [3.05, 3.63) is 156 Å².